The van der Waals surface area contributed by atoms with Gasteiger partial charge in [-0.15, -0.1) is 0 Å². The van der Waals surface area contributed by atoms with Crippen LogP contribution in [0.4, 0.5) is 0 Å². The van der Waals surface area contributed by atoms with Gasteiger partial charge in [0, 0.05) is 0 Å². The molecular formula is C11H16O4S. The molecule has 90 valence electrons. The van der Waals surface area contributed by atoms with Gasteiger partial charge in [0.1, 0.15) is 6.10 Å². The summed E-state index contributed by atoms with van der Waals surface area (Å²) < 4.78 is 4.70. The standard InChI is InChI=1S/C11H16O4S/c1-3-15-10(13)4-9(12)11(14)8-6-16-5-7(8)2/h5-6,9,11-12,14H,3-4H2,1-2H3. The molecule has 2 unspecified atom stereocenters. The fraction of sp³-hybridized carbons (Fsp3) is 0.545. The van der Waals surface area contributed by atoms with Gasteiger partial charge in [-0.05, 0) is 35.7 Å². The van der Waals surface area contributed by atoms with E-state index in [1.807, 2.05) is 12.3 Å². The molecule has 5 heteroatoms. The highest BCUT2D eigenvalue weighted by molar-refractivity contribution is 7.08. The summed E-state index contributed by atoms with van der Waals surface area (Å²) in [5.74, 6) is -0.498. The Morgan fingerprint density at radius 3 is 2.69 bits per heavy atom. The second-order valence-electron chi connectivity index (χ2n) is 3.53. The van der Waals surface area contributed by atoms with Crippen LogP contribution in [0.1, 0.15) is 30.6 Å². The summed E-state index contributed by atoms with van der Waals surface area (Å²) in [6, 6.07) is 0. The van der Waals surface area contributed by atoms with E-state index in [1.165, 1.54) is 11.3 Å². The summed E-state index contributed by atoms with van der Waals surface area (Å²) >= 11 is 1.45. The van der Waals surface area contributed by atoms with Gasteiger partial charge in [-0.2, -0.15) is 11.3 Å². The molecule has 1 aromatic rings. The molecule has 0 spiro atoms. The maximum absolute atomic E-state index is 11.1. The van der Waals surface area contributed by atoms with Crippen LogP contribution < -0.4 is 0 Å². The molecule has 0 amide bonds. The first kappa shape index (κ1) is 13.2. The maximum atomic E-state index is 11.1. The molecule has 0 radical (unpaired) electrons. The van der Waals surface area contributed by atoms with Crippen LogP contribution in [-0.2, 0) is 9.53 Å². The second-order valence-corrected chi connectivity index (χ2v) is 4.28. The smallest absolute Gasteiger partial charge is 0.308 e. The third-order valence-electron chi connectivity index (χ3n) is 2.26. The molecule has 0 aliphatic carbocycles. The molecule has 0 fully saturated rings. The predicted molar refractivity (Wildman–Crippen MR) is 61.3 cm³/mol. The average molecular weight is 244 g/mol. The molecule has 0 aliphatic rings. The molecule has 0 saturated carbocycles. The van der Waals surface area contributed by atoms with Crippen LogP contribution >= 0.6 is 11.3 Å². The Kier molecular flexibility index (Phi) is 4.92. The van der Waals surface area contributed by atoms with Crippen LogP contribution in [0.15, 0.2) is 10.8 Å². The average Bonchev–Trinajstić information content (AvgIpc) is 2.63. The number of thiophene rings is 1. The number of hydrogen-bond donors (Lipinski definition) is 2. The van der Waals surface area contributed by atoms with Crippen molar-refractivity contribution in [2.45, 2.75) is 32.5 Å². The van der Waals surface area contributed by atoms with Crippen molar-refractivity contribution in [1.29, 1.82) is 0 Å². The van der Waals surface area contributed by atoms with E-state index < -0.39 is 18.2 Å². The van der Waals surface area contributed by atoms with E-state index in [0.29, 0.717) is 5.56 Å². The number of carbonyl (C=O) groups excluding carboxylic acids is 1. The molecule has 4 nitrogen and oxygen atoms in total. The zero-order valence-electron chi connectivity index (χ0n) is 9.34. The molecule has 16 heavy (non-hydrogen) atoms. The largest absolute Gasteiger partial charge is 0.466 e. The van der Waals surface area contributed by atoms with Gasteiger partial charge in [0.2, 0.25) is 0 Å². The van der Waals surface area contributed by atoms with Gasteiger partial charge < -0.3 is 14.9 Å². The van der Waals surface area contributed by atoms with Crippen LogP contribution in [-0.4, -0.2) is 28.9 Å². The quantitative estimate of drug-likeness (QED) is 0.768. The fourth-order valence-electron chi connectivity index (χ4n) is 1.38. The van der Waals surface area contributed by atoms with E-state index >= 15 is 0 Å². The predicted octanol–water partition coefficient (Wildman–Crippen LogP) is 1.40. The number of aliphatic hydroxyl groups excluding tert-OH is 2. The van der Waals surface area contributed by atoms with Gasteiger partial charge in [-0.3, -0.25) is 4.79 Å². The highest BCUT2D eigenvalue weighted by Gasteiger charge is 2.23. The molecule has 1 rings (SSSR count). The SMILES string of the molecule is CCOC(=O)CC(O)C(O)c1cscc1C. The number of aliphatic hydroxyl groups is 2. The summed E-state index contributed by atoms with van der Waals surface area (Å²) in [5.41, 5.74) is 1.59. The summed E-state index contributed by atoms with van der Waals surface area (Å²) in [4.78, 5) is 11.1. The van der Waals surface area contributed by atoms with Crippen LogP contribution in [0.25, 0.3) is 0 Å². The first-order valence-corrected chi connectivity index (χ1v) is 6.05. The first-order valence-electron chi connectivity index (χ1n) is 5.10. The normalized spacial score (nSPS) is 14.5. The number of rotatable bonds is 5. The van der Waals surface area contributed by atoms with Gasteiger partial charge in [-0.1, -0.05) is 0 Å². The Labute approximate surface area is 98.5 Å². The van der Waals surface area contributed by atoms with E-state index in [-0.39, 0.29) is 13.0 Å². The van der Waals surface area contributed by atoms with E-state index in [4.69, 9.17) is 4.74 Å². The van der Waals surface area contributed by atoms with E-state index in [2.05, 4.69) is 0 Å². The van der Waals surface area contributed by atoms with Crippen molar-refractivity contribution in [3.8, 4) is 0 Å². The van der Waals surface area contributed by atoms with Crippen molar-refractivity contribution in [1.82, 2.24) is 0 Å². The summed E-state index contributed by atoms with van der Waals surface area (Å²) in [7, 11) is 0. The molecular weight excluding hydrogens is 228 g/mol. The van der Waals surface area contributed by atoms with Gasteiger partial charge in [0.25, 0.3) is 0 Å². The third kappa shape index (κ3) is 3.30. The number of aryl methyl sites for hydroxylation is 1. The van der Waals surface area contributed by atoms with Gasteiger partial charge >= 0.3 is 5.97 Å². The van der Waals surface area contributed by atoms with Crippen LogP contribution in [0.2, 0.25) is 0 Å². The molecule has 1 heterocycles. The van der Waals surface area contributed by atoms with Gasteiger partial charge in [-0.25, -0.2) is 0 Å². The van der Waals surface area contributed by atoms with E-state index in [0.717, 1.165) is 5.56 Å². The van der Waals surface area contributed by atoms with Crippen molar-refractivity contribution >= 4 is 17.3 Å². The van der Waals surface area contributed by atoms with Gasteiger partial charge in [0.05, 0.1) is 19.1 Å². The number of carbonyl (C=O) groups is 1. The van der Waals surface area contributed by atoms with Crippen LogP contribution in [0.3, 0.4) is 0 Å². The molecule has 0 bridgehead atoms. The minimum atomic E-state index is -1.12. The molecule has 1 aromatic heterocycles. The molecule has 2 atom stereocenters. The Hall–Kier alpha value is -0.910. The lowest BCUT2D eigenvalue weighted by Crippen LogP contribution is -2.23. The molecule has 0 saturated heterocycles. The van der Waals surface area contributed by atoms with Gasteiger partial charge in [0.15, 0.2) is 0 Å². The summed E-state index contributed by atoms with van der Waals surface area (Å²) in [5, 5.41) is 23.1. The fourth-order valence-corrected chi connectivity index (χ4v) is 2.26. The van der Waals surface area contributed by atoms with Crippen LogP contribution in [0, 0.1) is 6.92 Å². The molecule has 2 N–H and O–H groups in total. The highest BCUT2D eigenvalue weighted by Crippen LogP contribution is 2.25. The zero-order chi connectivity index (χ0) is 12.1. The Morgan fingerprint density at radius 2 is 2.19 bits per heavy atom. The second kappa shape index (κ2) is 5.98. The maximum Gasteiger partial charge on any atom is 0.308 e. The summed E-state index contributed by atoms with van der Waals surface area (Å²) in [6.45, 7) is 3.83. The van der Waals surface area contributed by atoms with E-state index in [1.54, 1.807) is 12.3 Å². The number of hydrogen-bond acceptors (Lipinski definition) is 5. The van der Waals surface area contributed by atoms with Crippen molar-refractivity contribution in [3.63, 3.8) is 0 Å². The first-order chi connectivity index (χ1) is 7.56. The molecule has 0 aromatic carbocycles. The van der Waals surface area contributed by atoms with Crippen LogP contribution in [0.5, 0.6) is 0 Å². The minimum absolute atomic E-state index is 0.190. The Balaban J connectivity index is 2.57. The Morgan fingerprint density at radius 1 is 1.50 bits per heavy atom. The monoisotopic (exact) mass is 244 g/mol. The number of ether oxygens (including phenoxy) is 1. The van der Waals surface area contributed by atoms with Crippen molar-refractivity contribution in [2.24, 2.45) is 0 Å². The minimum Gasteiger partial charge on any atom is -0.466 e. The van der Waals surface area contributed by atoms with Crippen molar-refractivity contribution in [2.75, 3.05) is 6.61 Å². The lowest BCUT2D eigenvalue weighted by Gasteiger charge is -2.17. The lowest BCUT2D eigenvalue weighted by atomic mass is 10.0. The third-order valence-corrected chi connectivity index (χ3v) is 3.14. The number of esters is 1. The summed E-state index contributed by atoms with van der Waals surface area (Å²) in [6.07, 6.45) is -2.34. The van der Waals surface area contributed by atoms with E-state index in [9.17, 15) is 15.0 Å². The zero-order valence-corrected chi connectivity index (χ0v) is 10.2. The van der Waals surface area contributed by atoms with Crippen molar-refractivity contribution < 1.29 is 19.7 Å². The van der Waals surface area contributed by atoms with Crippen molar-refractivity contribution in [3.05, 3.63) is 21.9 Å². The highest BCUT2D eigenvalue weighted by atomic mass is 32.1. The lowest BCUT2D eigenvalue weighted by molar-refractivity contribution is -0.147. The Bertz CT molecular complexity index is 348. The molecule has 0 aliphatic heterocycles. The topological polar surface area (TPSA) is 66.8 Å².